The van der Waals surface area contributed by atoms with Crippen molar-refractivity contribution in [2.24, 2.45) is 5.92 Å². The molecule has 0 aromatic heterocycles. The monoisotopic (exact) mass is 521 g/mol. The summed E-state index contributed by atoms with van der Waals surface area (Å²) in [6.45, 7) is 3.47. The van der Waals surface area contributed by atoms with E-state index in [2.05, 4.69) is 16.0 Å². The molecule has 0 spiro atoms. The van der Waals surface area contributed by atoms with Gasteiger partial charge in [-0.2, -0.15) is 0 Å². The van der Waals surface area contributed by atoms with E-state index in [-0.39, 0.29) is 23.8 Å². The van der Waals surface area contributed by atoms with Crippen LogP contribution in [0.25, 0.3) is 0 Å². The molecule has 1 saturated heterocycles. The Morgan fingerprint density at radius 3 is 2.17 bits per heavy atom. The third kappa shape index (κ3) is 7.07. The second-order valence-electron chi connectivity index (χ2n) is 8.86. The summed E-state index contributed by atoms with van der Waals surface area (Å²) in [7, 11) is -8.24. The number of carbonyl (C=O) groups is 2. The highest BCUT2D eigenvalue weighted by Gasteiger charge is 2.65. The first-order valence-electron chi connectivity index (χ1n) is 10.9. The molecule has 3 atom stereocenters. The number of hydrogen-bond donors (Lipinski definition) is 3. The van der Waals surface area contributed by atoms with Gasteiger partial charge in [-0.05, 0) is 41.3 Å². The standard InChI is InChI=1S/C23H28F5N3O3S/c1-14(2)22(16-6-10-18(11-7-16)35(24,25,26,27)28)31-23(33)19-13-21(32)30-20(29-19)12-15-4-8-17(34-3)9-5-15/h4-11,14,19-20,22,29H,12-13H2,1-3H3,(H,30,32)(H,31,33)/t19?,20?,22-/m1/s1. The fourth-order valence-electron chi connectivity index (χ4n) is 3.88. The summed E-state index contributed by atoms with van der Waals surface area (Å²) in [5, 5.41) is 8.60. The van der Waals surface area contributed by atoms with Crippen molar-refractivity contribution < 1.29 is 33.8 Å². The average molecular weight is 522 g/mol. The summed E-state index contributed by atoms with van der Waals surface area (Å²) >= 11 is 0. The molecule has 6 nitrogen and oxygen atoms in total. The van der Waals surface area contributed by atoms with Crippen LogP contribution in [0, 0.1) is 5.92 Å². The molecule has 0 saturated carbocycles. The van der Waals surface area contributed by atoms with E-state index in [4.69, 9.17) is 4.74 Å². The van der Waals surface area contributed by atoms with Gasteiger partial charge in [-0.15, -0.1) is 0 Å². The Morgan fingerprint density at radius 1 is 1.06 bits per heavy atom. The Balaban J connectivity index is 1.71. The van der Waals surface area contributed by atoms with Crippen molar-refractivity contribution in [3.8, 4) is 5.75 Å². The van der Waals surface area contributed by atoms with E-state index < -0.39 is 39.3 Å². The van der Waals surface area contributed by atoms with Gasteiger partial charge in [-0.1, -0.05) is 57.5 Å². The minimum absolute atomic E-state index is 0.126. The molecular weight excluding hydrogens is 493 g/mol. The number of methoxy groups -OCH3 is 1. The molecule has 194 valence electrons. The Hall–Kier alpha value is -2.86. The number of amides is 2. The van der Waals surface area contributed by atoms with Gasteiger partial charge in [0.1, 0.15) is 10.6 Å². The minimum atomic E-state index is -9.79. The maximum absolute atomic E-state index is 13.0. The predicted octanol–water partition coefficient (Wildman–Crippen LogP) is 5.21. The second-order valence-corrected chi connectivity index (χ2v) is 11.3. The fourth-order valence-corrected chi connectivity index (χ4v) is 4.53. The quantitative estimate of drug-likeness (QED) is 0.417. The van der Waals surface area contributed by atoms with Gasteiger partial charge in [-0.25, -0.2) is 0 Å². The first-order valence-corrected chi connectivity index (χ1v) is 12.8. The van der Waals surface area contributed by atoms with E-state index in [1.807, 2.05) is 12.1 Å². The van der Waals surface area contributed by atoms with Crippen LogP contribution in [0.4, 0.5) is 19.4 Å². The van der Waals surface area contributed by atoms with Gasteiger partial charge < -0.3 is 15.4 Å². The first kappa shape index (κ1) is 26.7. The molecule has 2 aromatic carbocycles. The SMILES string of the molecule is COc1ccc(CC2NC(=O)CC(C(=O)N[C@@H](c3ccc(S(F)(F)(F)(F)F)cc3)C(C)C)N2)cc1. The molecule has 1 fully saturated rings. The molecular formula is C23H28F5N3O3S. The molecule has 35 heavy (non-hydrogen) atoms. The van der Waals surface area contributed by atoms with Crippen LogP contribution in [0.2, 0.25) is 0 Å². The number of carbonyl (C=O) groups excluding carboxylic acids is 2. The van der Waals surface area contributed by atoms with E-state index in [0.29, 0.717) is 24.3 Å². The van der Waals surface area contributed by atoms with Crippen molar-refractivity contribution in [1.82, 2.24) is 16.0 Å². The molecule has 0 bridgehead atoms. The normalized spacial score (nSPS) is 21.5. The summed E-state index contributed by atoms with van der Waals surface area (Å²) in [6, 6.07) is 8.13. The molecule has 3 N–H and O–H groups in total. The van der Waals surface area contributed by atoms with E-state index in [0.717, 1.165) is 17.7 Å². The van der Waals surface area contributed by atoms with Crippen LogP contribution >= 0.6 is 10.2 Å². The Kier molecular flexibility index (Phi) is 6.86. The third-order valence-electron chi connectivity index (χ3n) is 5.69. The predicted molar refractivity (Wildman–Crippen MR) is 124 cm³/mol. The van der Waals surface area contributed by atoms with E-state index in [1.165, 1.54) is 0 Å². The van der Waals surface area contributed by atoms with Crippen LogP contribution in [0.3, 0.4) is 0 Å². The summed E-state index contributed by atoms with van der Waals surface area (Å²) in [5.41, 5.74) is 1.14. The highest BCUT2D eigenvalue weighted by Crippen LogP contribution is 3.02. The van der Waals surface area contributed by atoms with Gasteiger partial charge in [0.05, 0.1) is 31.8 Å². The van der Waals surface area contributed by atoms with Crippen molar-refractivity contribution in [2.75, 3.05) is 7.11 Å². The van der Waals surface area contributed by atoms with E-state index in [1.54, 1.807) is 33.1 Å². The number of nitrogens with one attached hydrogen (secondary N) is 3. The summed E-state index contributed by atoms with van der Waals surface area (Å²) in [6.07, 6.45) is -0.239. The van der Waals surface area contributed by atoms with Crippen LogP contribution in [0.1, 0.15) is 37.4 Å². The minimum Gasteiger partial charge on any atom is -0.497 e. The van der Waals surface area contributed by atoms with Gasteiger partial charge in [0.25, 0.3) is 0 Å². The first-order chi connectivity index (χ1) is 16.1. The van der Waals surface area contributed by atoms with Gasteiger partial charge in [-0.3, -0.25) is 14.9 Å². The fraction of sp³-hybridized carbons (Fsp3) is 0.391. The number of rotatable bonds is 8. The van der Waals surface area contributed by atoms with Crippen LogP contribution in [-0.2, 0) is 16.0 Å². The maximum Gasteiger partial charge on any atom is 0.310 e. The van der Waals surface area contributed by atoms with Crippen LogP contribution in [-0.4, -0.2) is 31.1 Å². The van der Waals surface area contributed by atoms with Gasteiger partial charge in [0.2, 0.25) is 11.8 Å². The molecule has 2 unspecified atom stereocenters. The zero-order chi connectivity index (χ0) is 26.1. The van der Waals surface area contributed by atoms with E-state index >= 15 is 0 Å². The molecule has 0 radical (unpaired) electrons. The van der Waals surface area contributed by atoms with Crippen LogP contribution in [0.5, 0.6) is 5.75 Å². The molecule has 2 amide bonds. The molecule has 1 aliphatic rings. The van der Waals surface area contributed by atoms with Gasteiger partial charge >= 0.3 is 10.2 Å². The number of ether oxygens (including phenoxy) is 1. The Labute approximate surface area is 200 Å². The summed E-state index contributed by atoms with van der Waals surface area (Å²) < 4.78 is 70.3. The lowest BCUT2D eigenvalue weighted by atomic mass is 9.95. The molecule has 1 aliphatic heterocycles. The molecule has 12 heteroatoms. The lowest BCUT2D eigenvalue weighted by Gasteiger charge is -2.40. The van der Waals surface area contributed by atoms with Crippen LogP contribution in [0.15, 0.2) is 53.4 Å². The molecule has 0 aliphatic carbocycles. The molecule has 1 heterocycles. The topological polar surface area (TPSA) is 79.5 Å². The highest BCUT2D eigenvalue weighted by molar-refractivity contribution is 8.45. The number of benzene rings is 2. The average Bonchev–Trinajstić information content (AvgIpc) is 2.76. The third-order valence-corrected chi connectivity index (χ3v) is 6.85. The van der Waals surface area contributed by atoms with Crippen molar-refractivity contribution in [2.45, 2.75) is 49.8 Å². The van der Waals surface area contributed by atoms with E-state index in [9.17, 15) is 29.0 Å². The largest absolute Gasteiger partial charge is 0.497 e. The van der Waals surface area contributed by atoms with Crippen molar-refractivity contribution in [3.63, 3.8) is 0 Å². The molecule has 3 rings (SSSR count). The number of halogens is 5. The summed E-state index contributed by atoms with van der Waals surface area (Å²) in [5.74, 6) is -0.434. The van der Waals surface area contributed by atoms with Crippen molar-refractivity contribution in [3.05, 3.63) is 59.7 Å². The smallest absolute Gasteiger partial charge is 0.310 e. The highest BCUT2D eigenvalue weighted by atomic mass is 32.5. The second kappa shape index (κ2) is 8.98. The van der Waals surface area contributed by atoms with Gasteiger partial charge in [0.15, 0.2) is 0 Å². The Morgan fingerprint density at radius 2 is 1.66 bits per heavy atom. The molecule has 2 aromatic rings. The number of hydrogen-bond acceptors (Lipinski definition) is 4. The lowest BCUT2D eigenvalue weighted by Crippen LogP contribution is -2.61. The maximum atomic E-state index is 13.0. The van der Waals surface area contributed by atoms with Crippen LogP contribution < -0.4 is 20.7 Å². The Bertz CT molecular complexity index is 1080. The summed E-state index contributed by atoms with van der Waals surface area (Å²) in [4.78, 5) is 23.2. The zero-order valence-corrected chi connectivity index (χ0v) is 20.2. The van der Waals surface area contributed by atoms with Gasteiger partial charge in [0, 0.05) is 6.42 Å². The van der Waals surface area contributed by atoms with Crippen molar-refractivity contribution in [1.29, 1.82) is 0 Å². The zero-order valence-electron chi connectivity index (χ0n) is 19.4. The van der Waals surface area contributed by atoms with Crippen molar-refractivity contribution >= 4 is 22.0 Å². The lowest BCUT2D eigenvalue weighted by molar-refractivity contribution is -0.132.